The normalized spacial score (nSPS) is 21.8. The molecule has 9 heteroatoms. The summed E-state index contributed by atoms with van der Waals surface area (Å²) in [6, 6.07) is 5.31. The van der Waals surface area contributed by atoms with Gasteiger partial charge in [0.05, 0.1) is 23.5 Å². The van der Waals surface area contributed by atoms with Crippen LogP contribution in [0.2, 0.25) is 0 Å². The van der Waals surface area contributed by atoms with E-state index in [2.05, 4.69) is 48.8 Å². The number of benzene rings is 1. The van der Waals surface area contributed by atoms with Gasteiger partial charge >= 0.3 is 0 Å². The van der Waals surface area contributed by atoms with Gasteiger partial charge in [-0.2, -0.15) is 0 Å². The summed E-state index contributed by atoms with van der Waals surface area (Å²) in [5, 5.41) is 3.85. The van der Waals surface area contributed by atoms with Gasteiger partial charge < -0.3 is 27.4 Å². The van der Waals surface area contributed by atoms with E-state index in [4.69, 9.17) is 17.2 Å². The minimum atomic E-state index is -1.63. The van der Waals surface area contributed by atoms with Gasteiger partial charge in [0, 0.05) is 40.2 Å². The standard InChI is InChI=1S/C15H18F2N4.C8H9NS2.2C2H6/c1-21-8-9(6-10(7-18)15(21)20)2-3-11-12(16)4-5-13(19)14(11)17;1-5-9-7-3-2-6(10)4-8(7)11-5;2*1-2/h4-6,13-14H,7-8,18-20H2,1H3;2-5,9-10H,1H3;2*1-2H3. The van der Waals surface area contributed by atoms with Crippen LogP contribution in [0.5, 0.6) is 0 Å². The first kappa shape index (κ1) is 31.6. The summed E-state index contributed by atoms with van der Waals surface area (Å²) in [5.74, 6) is 5.23. The third-order valence-corrected chi connectivity index (χ3v) is 6.38. The van der Waals surface area contributed by atoms with Gasteiger partial charge in [0.25, 0.3) is 0 Å². The molecule has 198 valence electrons. The van der Waals surface area contributed by atoms with Gasteiger partial charge in [-0.05, 0) is 37.3 Å². The van der Waals surface area contributed by atoms with Crippen molar-refractivity contribution in [1.29, 1.82) is 0 Å². The maximum Gasteiger partial charge on any atom is 0.154 e. The molecular formula is C27H39F2N5S2. The van der Waals surface area contributed by atoms with Crippen LogP contribution in [0.4, 0.5) is 14.5 Å². The molecule has 3 aliphatic rings. The van der Waals surface area contributed by atoms with E-state index in [0.29, 0.717) is 23.3 Å². The molecule has 0 spiro atoms. The molecule has 1 aromatic carbocycles. The topological polar surface area (TPSA) is 93.3 Å². The zero-order chi connectivity index (χ0) is 27.4. The zero-order valence-electron chi connectivity index (χ0n) is 21.9. The molecule has 36 heavy (non-hydrogen) atoms. The molecular weight excluding hydrogens is 496 g/mol. The van der Waals surface area contributed by atoms with Crippen LogP contribution in [-0.2, 0) is 0 Å². The Bertz CT molecular complexity index is 1070. The number of hydrogen-bond donors (Lipinski definition) is 5. The number of nitrogens with two attached hydrogens (primary N) is 3. The molecule has 0 aromatic heterocycles. The summed E-state index contributed by atoms with van der Waals surface area (Å²) in [5.41, 5.74) is 19.5. The summed E-state index contributed by atoms with van der Waals surface area (Å²) < 4.78 is 27.5. The first-order valence-electron chi connectivity index (χ1n) is 12.1. The Morgan fingerprint density at radius 3 is 2.53 bits per heavy atom. The van der Waals surface area contributed by atoms with Crippen LogP contribution < -0.4 is 22.5 Å². The highest BCUT2D eigenvalue weighted by atomic mass is 32.2. The molecule has 3 atom stereocenters. The summed E-state index contributed by atoms with van der Waals surface area (Å²) in [4.78, 5) is 4.13. The average Bonchev–Trinajstić information content (AvgIpc) is 3.25. The number of allylic oxidation sites excluding steroid dienone is 2. The first-order valence-corrected chi connectivity index (χ1v) is 13.4. The third kappa shape index (κ3) is 8.63. The van der Waals surface area contributed by atoms with Crippen LogP contribution in [0.25, 0.3) is 0 Å². The molecule has 1 aliphatic carbocycles. The Morgan fingerprint density at radius 1 is 1.22 bits per heavy atom. The molecule has 0 amide bonds. The number of fused-ring (bicyclic) bond motifs is 1. The van der Waals surface area contributed by atoms with E-state index >= 15 is 0 Å². The van der Waals surface area contributed by atoms with Gasteiger partial charge in [-0.3, -0.25) is 0 Å². The smallest absolute Gasteiger partial charge is 0.154 e. The number of rotatable bonds is 1. The fourth-order valence-corrected chi connectivity index (χ4v) is 4.61. The van der Waals surface area contributed by atoms with Crippen LogP contribution in [0.3, 0.4) is 0 Å². The number of likely N-dealkylation sites (N-methyl/N-ethyl adjacent to an activating group) is 1. The second-order valence-corrected chi connectivity index (χ2v) is 9.47. The Hall–Kier alpha value is -2.38. The predicted molar refractivity (Wildman–Crippen MR) is 154 cm³/mol. The average molecular weight is 536 g/mol. The number of thioether (sulfide) groups is 1. The van der Waals surface area contributed by atoms with Crippen LogP contribution >= 0.6 is 24.4 Å². The molecule has 0 saturated heterocycles. The van der Waals surface area contributed by atoms with Gasteiger partial charge in [-0.15, -0.1) is 12.6 Å². The zero-order valence-corrected chi connectivity index (χ0v) is 23.6. The maximum atomic E-state index is 13.9. The Labute approximate surface area is 224 Å². The third-order valence-electron chi connectivity index (χ3n) is 5.04. The number of anilines is 1. The molecule has 0 bridgehead atoms. The van der Waals surface area contributed by atoms with Gasteiger partial charge in [-0.25, -0.2) is 8.78 Å². The van der Waals surface area contributed by atoms with Crippen LogP contribution in [0.1, 0.15) is 34.6 Å². The Balaban J connectivity index is 0.000000361. The lowest BCUT2D eigenvalue weighted by Gasteiger charge is -2.25. The highest BCUT2D eigenvalue weighted by Gasteiger charge is 2.25. The molecule has 2 heterocycles. The van der Waals surface area contributed by atoms with Crippen molar-refractivity contribution >= 4 is 30.1 Å². The summed E-state index contributed by atoms with van der Waals surface area (Å²) >= 11 is 6.12. The molecule has 7 N–H and O–H groups in total. The highest BCUT2D eigenvalue weighted by Crippen LogP contribution is 2.38. The van der Waals surface area contributed by atoms with Crippen molar-refractivity contribution in [1.82, 2.24) is 4.90 Å². The van der Waals surface area contributed by atoms with Crippen LogP contribution in [0, 0.1) is 11.8 Å². The number of alkyl halides is 1. The van der Waals surface area contributed by atoms with Gasteiger partial charge in [0.1, 0.15) is 11.6 Å². The quantitative estimate of drug-likeness (QED) is 0.246. The maximum absolute atomic E-state index is 13.9. The van der Waals surface area contributed by atoms with E-state index in [0.717, 1.165) is 16.5 Å². The van der Waals surface area contributed by atoms with Crippen LogP contribution in [-0.4, -0.2) is 42.6 Å². The highest BCUT2D eigenvalue weighted by molar-refractivity contribution is 8.00. The van der Waals surface area contributed by atoms with Crippen LogP contribution in [0.15, 0.2) is 74.6 Å². The monoisotopic (exact) mass is 535 g/mol. The molecule has 0 fully saturated rings. The molecule has 0 radical (unpaired) electrons. The minimum absolute atomic E-state index is 0.217. The van der Waals surface area contributed by atoms with Gasteiger partial charge in [-0.1, -0.05) is 57.4 Å². The lowest BCUT2D eigenvalue weighted by molar-refractivity contribution is 0.349. The van der Waals surface area contributed by atoms with E-state index in [9.17, 15) is 8.78 Å². The van der Waals surface area contributed by atoms with E-state index in [1.165, 1.54) is 16.7 Å². The van der Waals surface area contributed by atoms with E-state index in [-0.39, 0.29) is 12.1 Å². The lowest BCUT2D eigenvalue weighted by atomic mass is 9.98. The second kappa shape index (κ2) is 15.7. The number of hydrogen-bond acceptors (Lipinski definition) is 7. The van der Waals surface area contributed by atoms with Crippen molar-refractivity contribution < 1.29 is 8.78 Å². The van der Waals surface area contributed by atoms with E-state index < -0.39 is 18.0 Å². The Kier molecular flexibility index (Phi) is 13.8. The molecule has 5 nitrogen and oxygen atoms in total. The van der Waals surface area contributed by atoms with Crippen molar-refractivity contribution in [2.24, 2.45) is 17.2 Å². The molecule has 2 aliphatic heterocycles. The fourth-order valence-electron chi connectivity index (χ4n) is 3.30. The van der Waals surface area contributed by atoms with Crippen molar-refractivity contribution in [2.75, 3.05) is 25.5 Å². The van der Waals surface area contributed by atoms with Gasteiger partial charge in [0.2, 0.25) is 0 Å². The summed E-state index contributed by atoms with van der Waals surface area (Å²) in [6.07, 6.45) is 2.57. The SMILES string of the molecule is CC.CC.CC1Nc2ccc(S)cc2S1.CN1CC(C#CC2=C(F)C=CC(N)C2F)=CC(CN)=C1N. The molecule has 0 saturated carbocycles. The van der Waals surface area contributed by atoms with Crippen molar-refractivity contribution in [3.8, 4) is 11.8 Å². The Morgan fingerprint density at radius 2 is 1.89 bits per heavy atom. The molecule has 4 rings (SSSR count). The number of nitrogens with zero attached hydrogens (tertiary/aromatic N) is 1. The van der Waals surface area contributed by atoms with E-state index in [1.807, 2.05) is 45.5 Å². The first-order chi connectivity index (χ1) is 17.2. The van der Waals surface area contributed by atoms with Crippen molar-refractivity contribution in [3.63, 3.8) is 0 Å². The van der Waals surface area contributed by atoms with Crippen molar-refractivity contribution in [3.05, 3.63) is 64.8 Å². The predicted octanol–water partition coefficient (Wildman–Crippen LogP) is 5.34. The number of halogens is 2. The fraction of sp³-hybridized carbons (Fsp3) is 0.407. The summed E-state index contributed by atoms with van der Waals surface area (Å²) in [7, 11) is 1.80. The largest absolute Gasteiger partial charge is 0.385 e. The molecule has 1 aromatic rings. The summed E-state index contributed by atoms with van der Waals surface area (Å²) in [6.45, 7) is 10.9. The molecule has 3 unspecified atom stereocenters. The number of nitrogens with one attached hydrogen (secondary N) is 1. The van der Waals surface area contributed by atoms with Crippen molar-refractivity contribution in [2.45, 2.75) is 62.0 Å². The minimum Gasteiger partial charge on any atom is -0.385 e. The number of thiol groups is 1. The van der Waals surface area contributed by atoms with E-state index in [1.54, 1.807) is 18.0 Å². The van der Waals surface area contributed by atoms with Gasteiger partial charge in [0.15, 0.2) is 6.17 Å². The second-order valence-electron chi connectivity index (χ2n) is 7.57. The lowest BCUT2D eigenvalue weighted by Crippen LogP contribution is -2.33.